The molecule has 2 nitrogen and oxygen atoms in total. The summed E-state index contributed by atoms with van der Waals surface area (Å²) in [4.78, 5) is 24.2. The summed E-state index contributed by atoms with van der Waals surface area (Å²) in [5.41, 5.74) is 4.65. The highest BCUT2D eigenvalue weighted by molar-refractivity contribution is 5.53. The topological polar surface area (TPSA) is 34.1 Å². The van der Waals surface area contributed by atoms with Crippen LogP contribution in [-0.4, -0.2) is 0 Å². The predicted octanol–water partition coefficient (Wildman–Crippen LogP) is 3.40. The molecule has 0 spiro atoms. The molecule has 4 atom stereocenters. The average Bonchev–Trinajstić information content (AvgIpc) is 2.44. The number of allylic oxidation sites excluding steroid dienone is 2. The molecule has 1 aromatic carbocycles. The first-order chi connectivity index (χ1) is 9.58. The van der Waals surface area contributed by atoms with Crippen LogP contribution in [0.4, 0.5) is 0 Å². The van der Waals surface area contributed by atoms with Crippen LogP contribution in [0.3, 0.4) is 0 Å². The van der Waals surface area contributed by atoms with Crippen LogP contribution in [0.5, 0.6) is 0 Å². The fourth-order valence-corrected chi connectivity index (χ4v) is 4.95. The van der Waals surface area contributed by atoms with Crippen molar-refractivity contribution < 1.29 is 0 Å². The van der Waals surface area contributed by atoms with Crippen LogP contribution >= 0.6 is 0 Å². The molecule has 0 aliphatic heterocycles. The molecular weight excluding hydrogens is 248 g/mol. The third-order valence-electron chi connectivity index (χ3n) is 6.03. The second kappa shape index (κ2) is 4.16. The van der Waals surface area contributed by atoms with Crippen molar-refractivity contribution in [2.45, 2.75) is 64.2 Å². The Morgan fingerprint density at radius 2 is 1.15 bits per heavy atom. The van der Waals surface area contributed by atoms with E-state index in [0.29, 0.717) is 23.7 Å². The van der Waals surface area contributed by atoms with E-state index in [1.165, 1.54) is 12.8 Å². The van der Waals surface area contributed by atoms with Gasteiger partial charge in [-0.1, -0.05) is 25.0 Å². The SMILES string of the molecule is CC1CCC2=C3CCC(C)CC3c3c(c(=O)c3=O)C2C1. The molecule has 2 saturated carbocycles. The van der Waals surface area contributed by atoms with Gasteiger partial charge in [-0.15, -0.1) is 0 Å². The monoisotopic (exact) mass is 270 g/mol. The van der Waals surface area contributed by atoms with Gasteiger partial charge in [0.1, 0.15) is 0 Å². The summed E-state index contributed by atoms with van der Waals surface area (Å²) < 4.78 is 0. The number of hydrogen-bond donors (Lipinski definition) is 0. The van der Waals surface area contributed by atoms with E-state index in [9.17, 15) is 9.59 Å². The van der Waals surface area contributed by atoms with E-state index in [1.807, 2.05) is 0 Å². The summed E-state index contributed by atoms with van der Waals surface area (Å²) in [6, 6.07) is 0. The van der Waals surface area contributed by atoms with Gasteiger partial charge in [0, 0.05) is 23.0 Å². The van der Waals surface area contributed by atoms with Crippen molar-refractivity contribution in [3.05, 3.63) is 42.7 Å². The third-order valence-corrected chi connectivity index (χ3v) is 6.03. The van der Waals surface area contributed by atoms with Gasteiger partial charge in [-0.25, -0.2) is 0 Å². The summed E-state index contributed by atoms with van der Waals surface area (Å²) >= 11 is 0. The molecule has 0 aromatic heterocycles. The number of fused-ring (bicyclic) bond motifs is 5. The zero-order valence-electron chi connectivity index (χ0n) is 12.4. The minimum atomic E-state index is -0.158. The van der Waals surface area contributed by atoms with Gasteiger partial charge in [-0.3, -0.25) is 9.59 Å². The van der Waals surface area contributed by atoms with E-state index >= 15 is 0 Å². The maximum Gasteiger partial charge on any atom is 0.230 e. The molecule has 0 saturated heterocycles. The molecule has 1 aromatic rings. The lowest BCUT2D eigenvalue weighted by molar-refractivity contribution is 0.352. The summed E-state index contributed by atoms with van der Waals surface area (Å²) in [6.07, 6.45) is 6.98. The summed E-state index contributed by atoms with van der Waals surface area (Å²) in [6.45, 7) is 4.56. The van der Waals surface area contributed by atoms with E-state index in [1.54, 1.807) is 11.1 Å². The standard InChI is InChI=1S/C18H22O2/c1-9-3-5-11-12-6-4-10(2)8-14(12)16-15(13(11)7-9)17(19)18(16)20/h9-10,13-14H,3-8H2,1-2H3. The van der Waals surface area contributed by atoms with Gasteiger partial charge >= 0.3 is 0 Å². The van der Waals surface area contributed by atoms with Gasteiger partial charge in [0.15, 0.2) is 0 Å². The van der Waals surface area contributed by atoms with Crippen molar-refractivity contribution in [2.75, 3.05) is 0 Å². The van der Waals surface area contributed by atoms with Crippen LogP contribution in [0, 0.1) is 11.8 Å². The Labute approximate surface area is 119 Å². The lowest BCUT2D eigenvalue weighted by Gasteiger charge is -2.43. The number of hydrogen-bond acceptors (Lipinski definition) is 2. The Bertz CT molecular complexity index is 614. The molecule has 2 heteroatoms. The van der Waals surface area contributed by atoms with Gasteiger partial charge < -0.3 is 0 Å². The third kappa shape index (κ3) is 1.51. The van der Waals surface area contributed by atoms with Crippen LogP contribution in [0.1, 0.15) is 75.3 Å². The van der Waals surface area contributed by atoms with Crippen LogP contribution in [0.25, 0.3) is 0 Å². The van der Waals surface area contributed by atoms with Crippen molar-refractivity contribution in [3.8, 4) is 0 Å². The molecule has 0 bridgehead atoms. The van der Waals surface area contributed by atoms with E-state index in [2.05, 4.69) is 13.8 Å². The molecule has 3 aliphatic rings. The highest BCUT2D eigenvalue weighted by Crippen LogP contribution is 2.53. The van der Waals surface area contributed by atoms with Crippen molar-refractivity contribution in [1.82, 2.24) is 0 Å². The Morgan fingerprint density at radius 3 is 1.55 bits per heavy atom. The summed E-state index contributed by atoms with van der Waals surface area (Å²) in [5, 5.41) is 0. The maximum absolute atomic E-state index is 12.1. The molecule has 4 unspecified atom stereocenters. The van der Waals surface area contributed by atoms with E-state index < -0.39 is 0 Å². The van der Waals surface area contributed by atoms with Crippen molar-refractivity contribution in [2.24, 2.45) is 11.8 Å². The summed E-state index contributed by atoms with van der Waals surface area (Å²) in [7, 11) is 0. The molecule has 0 radical (unpaired) electrons. The molecule has 2 fully saturated rings. The molecule has 3 aliphatic carbocycles. The molecule has 106 valence electrons. The minimum Gasteiger partial charge on any atom is -0.285 e. The van der Waals surface area contributed by atoms with Crippen LogP contribution < -0.4 is 10.9 Å². The Balaban J connectivity index is 1.88. The molecule has 0 N–H and O–H groups in total. The van der Waals surface area contributed by atoms with Gasteiger partial charge in [0.2, 0.25) is 10.9 Å². The molecular formula is C18H22O2. The quantitative estimate of drug-likeness (QED) is 0.535. The Kier molecular flexibility index (Phi) is 2.61. The van der Waals surface area contributed by atoms with Crippen LogP contribution in [-0.2, 0) is 0 Å². The molecule has 20 heavy (non-hydrogen) atoms. The second-order valence-corrected chi connectivity index (χ2v) is 7.40. The van der Waals surface area contributed by atoms with Gasteiger partial charge in [-0.05, 0) is 50.4 Å². The number of rotatable bonds is 0. The first-order valence-electron chi connectivity index (χ1n) is 8.12. The molecule has 4 rings (SSSR count). The van der Waals surface area contributed by atoms with E-state index in [0.717, 1.165) is 36.8 Å². The summed E-state index contributed by atoms with van der Waals surface area (Å²) in [5.74, 6) is 1.97. The fourth-order valence-electron chi connectivity index (χ4n) is 4.95. The van der Waals surface area contributed by atoms with Gasteiger partial charge in [0.05, 0.1) is 0 Å². The highest BCUT2D eigenvalue weighted by Gasteiger charge is 2.44. The van der Waals surface area contributed by atoms with Crippen LogP contribution in [0.2, 0.25) is 0 Å². The van der Waals surface area contributed by atoms with Crippen molar-refractivity contribution in [1.29, 1.82) is 0 Å². The van der Waals surface area contributed by atoms with Gasteiger partial charge in [0.25, 0.3) is 0 Å². The Morgan fingerprint density at radius 1 is 0.750 bits per heavy atom. The smallest absolute Gasteiger partial charge is 0.230 e. The largest absolute Gasteiger partial charge is 0.285 e. The first-order valence-corrected chi connectivity index (χ1v) is 8.12. The zero-order valence-corrected chi connectivity index (χ0v) is 12.4. The average molecular weight is 270 g/mol. The molecule has 0 heterocycles. The fraction of sp³-hybridized carbons (Fsp3) is 0.667. The second-order valence-electron chi connectivity index (χ2n) is 7.40. The van der Waals surface area contributed by atoms with Crippen LogP contribution in [0.15, 0.2) is 20.7 Å². The minimum absolute atomic E-state index is 0.158. The van der Waals surface area contributed by atoms with Crippen molar-refractivity contribution >= 4 is 0 Å². The molecule has 0 amide bonds. The van der Waals surface area contributed by atoms with E-state index in [-0.39, 0.29) is 10.9 Å². The lowest BCUT2D eigenvalue weighted by Crippen LogP contribution is -2.47. The normalized spacial score (nSPS) is 36.5. The van der Waals surface area contributed by atoms with Gasteiger partial charge in [-0.2, -0.15) is 0 Å². The first kappa shape index (κ1) is 12.6. The zero-order chi connectivity index (χ0) is 14.0. The van der Waals surface area contributed by atoms with Crippen molar-refractivity contribution in [3.63, 3.8) is 0 Å². The Hall–Kier alpha value is -1.18. The maximum atomic E-state index is 12.1. The van der Waals surface area contributed by atoms with E-state index in [4.69, 9.17) is 0 Å². The predicted molar refractivity (Wildman–Crippen MR) is 79.9 cm³/mol. The lowest BCUT2D eigenvalue weighted by atomic mass is 9.59. The highest BCUT2D eigenvalue weighted by atomic mass is 16.2.